The van der Waals surface area contributed by atoms with Crippen molar-refractivity contribution in [1.82, 2.24) is 0 Å². The lowest BCUT2D eigenvalue weighted by molar-refractivity contribution is -0.0688. The monoisotopic (exact) mass is 600 g/mol. The Bertz CT molecular complexity index is 1270. The summed E-state index contributed by atoms with van der Waals surface area (Å²) in [5.74, 6) is 0. The predicted molar refractivity (Wildman–Crippen MR) is 183 cm³/mol. The van der Waals surface area contributed by atoms with Gasteiger partial charge < -0.3 is 19.7 Å². The molecular weight excluding hydrogens is 544 g/mol. The average Bonchev–Trinajstić information content (AvgIpc) is 3.43. The Morgan fingerprint density at radius 1 is 0.591 bits per heavy atom. The van der Waals surface area contributed by atoms with E-state index in [-0.39, 0.29) is 46.4 Å². The third-order valence-electron chi connectivity index (χ3n) is 9.91. The number of ether oxygens (including phenoxy) is 2. The van der Waals surface area contributed by atoms with Crippen molar-refractivity contribution >= 4 is 0 Å². The van der Waals surface area contributed by atoms with Crippen LogP contribution in [0.2, 0.25) is 0 Å². The fourth-order valence-electron chi connectivity index (χ4n) is 7.92. The van der Waals surface area contributed by atoms with E-state index in [1.165, 1.54) is 22.3 Å². The molecule has 0 bridgehead atoms. The van der Waals surface area contributed by atoms with Crippen LogP contribution in [0.25, 0.3) is 0 Å². The van der Waals surface area contributed by atoms with Gasteiger partial charge in [-0.3, -0.25) is 0 Å². The summed E-state index contributed by atoms with van der Waals surface area (Å²) in [5.41, 5.74) is 6.43. The Morgan fingerprint density at radius 3 is 1.32 bits per heavy atom. The van der Waals surface area contributed by atoms with Gasteiger partial charge >= 0.3 is 0 Å². The molecule has 6 atom stereocenters. The Labute approximate surface area is 267 Å². The van der Waals surface area contributed by atoms with Crippen LogP contribution in [-0.4, -0.2) is 45.8 Å². The highest BCUT2D eigenvalue weighted by Crippen LogP contribution is 2.53. The van der Waals surface area contributed by atoms with E-state index in [1.54, 1.807) is 0 Å². The lowest BCUT2D eigenvalue weighted by Crippen LogP contribution is -2.45. The number of aliphatic hydroxyl groups is 2. The highest BCUT2D eigenvalue weighted by molar-refractivity contribution is 5.39. The van der Waals surface area contributed by atoms with Crippen LogP contribution in [0.3, 0.4) is 0 Å². The molecule has 4 rings (SSSR count). The van der Waals surface area contributed by atoms with Crippen molar-refractivity contribution < 1.29 is 19.7 Å². The first-order chi connectivity index (χ1) is 20.4. The highest BCUT2D eigenvalue weighted by Gasteiger charge is 2.51. The third-order valence-corrected chi connectivity index (χ3v) is 9.91. The van der Waals surface area contributed by atoms with Gasteiger partial charge in [-0.25, -0.2) is 0 Å². The zero-order valence-electron chi connectivity index (χ0n) is 28.8. The molecule has 0 saturated heterocycles. The van der Waals surface area contributed by atoms with Crippen LogP contribution in [0.15, 0.2) is 106 Å². The van der Waals surface area contributed by atoms with E-state index in [0.717, 1.165) is 24.0 Å². The third kappa shape index (κ3) is 7.83. The van der Waals surface area contributed by atoms with Gasteiger partial charge in [-0.1, -0.05) is 99.6 Å². The van der Waals surface area contributed by atoms with Gasteiger partial charge in [-0.2, -0.15) is 0 Å². The molecule has 2 fully saturated rings. The summed E-state index contributed by atoms with van der Waals surface area (Å²) in [6.07, 6.45) is 27.7. The number of fused-ring (bicyclic) bond motifs is 2. The summed E-state index contributed by atoms with van der Waals surface area (Å²) in [6.45, 7) is 21.5. The molecule has 0 amide bonds. The second kappa shape index (κ2) is 13.1. The number of aliphatic hydroxyl groups excluding tert-OH is 2. The smallest absolute Gasteiger partial charge is 0.0982 e. The van der Waals surface area contributed by atoms with Crippen LogP contribution in [-0.2, 0) is 9.47 Å². The van der Waals surface area contributed by atoms with Gasteiger partial charge in [0.1, 0.15) is 0 Å². The summed E-state index contributed by atoms with van der Waals surface area (Å²) in [7, 11) is 0. The van der Waals surface area contributed by atoms with Crippen LogP contribution in [0.4, 0.5) is 0 Å². The van der Waals surface area contributed by atoms with Crippen molar-refractivity contribution in [3.05, 3.63) is 106 Å². The van der Waals surface area contributed by atoms with E-state index < -0.39 is 0 Å². The summed E-state index contributed by atoms with van der Waals surface area (Å²) in [5, 5.41) is 20.8. The maximum Gasteiger partial charge on any atom is 0.0982 e. The minimum absolute atomic E-state index is 0.0509. The molecular formula is C40H56O4. The molecule has 240 valence electrons. The van der Waals surface area contributed by atoms with Crippen molar-refractivity contribution in [2.24, 2.45) is 10.8 Å². The molecule has 2 aliphatic heterocycles. The summed E-state index contributed by atoms with van der Waals surface area (Å²) in [4.78, 5) is 0. The van der Waals surface area contributed by atoms with E-state index in [1.807, 2.05) is 0 Å². The molecule has 4 aliphatic rings. The molecule has 0 spiro atoms. The predicted octanol–water partition coefficient (Wildman–Crippen LogP) is 8.97. The summed E-state index contributed by atoms with van der Waals surface area (Å²) < 4.78 is 12.9. The molecule has 0 aromatic carbocycles. The normalized spacial score (nSPS) is 36.3. The molecule has 4 heteroatoms. The number of hydrogen-bond acceptors (Lipinski definition) is 4. The lowest BCUT2D eigenvalue weighted by Gasteiger charge is -2.44. The van der Waals surface area contributed by atoms with Gasteiger partial charge in [0, 0.05) is 12.8 Å². The molecule has 0 aromatic rings. The molecule has 4 nitrogen and oxygen atoms in total. The number of rotatable bonds is 8. The van der Waals surface area contributed by atoms with Crippen LogP contribution < -0.4 is 0 Å². The zero-order valence-corrected chi connectivity index (χ0v) is 28.8. The molecule has 4 unspecified atom stereocenters. The maximum atomic E-state index is 10.4. The van der Waals surface area contributed by atoms with Gasteiger partial charge in [0.25, 0.3) is 0 Å². The molecule has 2 aliphatic carbocycles. The van der Waals surface area contributed by atoms with E-state index in [4.69, 9.17) is 9.47 Å². The van der Waals surface area contributed by atoms with E-state index >= 15 is 0 Å². The second-order valence-corrected chi connectivity index (χ2v) is 15.3. The lowest BCUT2D eigenvalue weighted by atomic mass is 9.65. The molecule has 2 heterocycles. The fourth-order valence-corrected chi connectivity index (χ4v) is 7.92. The average molecular weight is 601 g/mol. The van der Waals surface area contributed by atoms with E-state index in [0.29, 0.717) is 12.8 Å². The Hall–Kier alpha value is -2.50. The second-order valence-electron chi connectivity index (χ2n) is 15.3. The maximum absolute atomic E-state index is 10.4. The van der Waals surface area contributed by atoms with Crippen LogP contribution in [0.5, 0.6) is 0 Å². The largest absolute Gasteiger partial charge is 0.393 e. The Morgan fingerprint density at radius 2 is 0.955 bits per heavy atom. The number of allylic oxidation sites excluding steroid dienone is 12. The molecule has 0 aromatic heterocycles. The molecule has 0 radical (unpaired) electrons. The van der Waals surface area contributed by atoms with Crippen LogP contribution in [0, 0.1) is 10.8 Å². The molecule has 2 N–H and O–H groups in total. The van der Waals surface area contributed by atoms with Crippen molar-refractivity contribution in [1.29, 1.82) is 0 Å². The quantitative estimate of drug-likeness (QED) is 0.216. The van der Waals surface area contributed by atoms with Crippen molar-refractivity contribution in [2.75, 3.05) is 0 Å². The van der Waals surface area contributed by atoms with Crippen molar-refractivity contribution in [3.63, 3.8) is 0 Å². The van der Waals surface area contributed by atoms with Crippen LogP contribution in [0.1, 0.15) is 94.9 Å². The van der Waals surface area contributed by atoms with Gasteiger partial charge in [-0.05, 0) is 99.7 Å². The fraction of sp³-hybridized carbons (Fsp3) is 0.550. The Kier molecular flexibility index (Phi) is 10.2. The van der Waals surface area contributed by atoms with Gasteiger partial charge in [0.15, 0.2) is 0 Å². The van der Waals surface area contributed by atoms with Gasteiger partial charge in [0.2, 0.25) is 0 Å². The van der Waals surface area contributed by atoms with Crippen molar-refractivity contribution in [3.8, 4) is 0 Å². The first-order valence-electron chi connectivity index (χ1n) is 16.3. The molecule has 44 heavy (non-hydrogen) atoms. The van der Waals surface area contributed by atoms with E-state index in [9.17, 15) is 10.2 Å². The SMILES string of the molecule is CC(/C=C/C=C(\C)[C@@H]1C=C2C(C)(C)CC(O)CC2(C)O1)=C\C=C\C=C(C)\C=C\C=C(/C)[C@@H]1C=C2C(C)(C)CC(O)CC2(C)O1. The summed E-state index contributed by atoms with van der Waals surface area (Å²) >= 11 is 0. The summed E-state index contributed by atoms with van der Waals surface area (Å²) in [6, 6.07) is 0. The minimum atomic E-state index is -0.386. The highest BCUT2D eigenvalue weighted by atomic mass is 16.5. The topological polar surface area (TPSA) is 58.9 Å². The zero-order chi connectivity index (χ0) is 32.5. The first kappa shape index (κ1) is 34.4. The van der Waals surface area contributed by atoms with Crippen molar-refractivity contribution in [2.45, 2.75) is 131 Å². The Balaban J connectivity index is 1.29. The number of hydrogen-bond donors (Lipinski definition) is 2. The molecule has 2 saturated carbocycles. The van der Waals surface area contributed by atoms with Gasteiger partial charge in [0.05, 0.1) is 35.6 Å². The van der Waals surface area contributed by atoms with E-state index in [2.05, 4.69) is 142 Å². The van der Waals surface area contributed by atoms with Gasteiger partial charge in [-0.15, -0.1) is 0 Å². The minimum Gasteiger partial charge on any atom is -0.393 e. The first-order valence-corrected chi connectivity index (χ1v) is 16.3. The van der Waals surface area contributed by atoms with Crippen LogP contribution >= 0.6 is 0 Å². The standard InChI is InChI=1S/C40H56O4/c1-27(17-13-19-29(3)33-21-35-37(5,6)23-31(41)25-39(35,9)43-33)15-11-12-16-28(2)18-14-20-30(4)34-22-36-38(7,8)24-32(42)26-40(36,10)44-34/h11-22,31-34,41-42H,23-26H2,1-10H3/b12-11+,17-13+,18-14+,27-15+,28-16+,29-19+,30-20+/t31?,32?,33-,34-,39?,40?/m0/s1.